The molecule has 8 nitrogen and oxygen atoms in total. The molecule has 180 valence electrons. The quantitative estimate of drug-likeness (QED) is 0.277. The van der Waals surface area contributed by atoms with Crippen molar-refractivity contribution in [2.75, 3.05) is 6.61 Å². The standard InChI is InChI=1S/C24H19Cl2N3O5S/c1-4-34-23(31)20-13(3)27-24-28(21(20)14-7-5-12(2)6-8-14)22(30)19(35-24)10-15-9-18(29(32)33)17(26)11-16(15)25/h5-11,21H,4H2,1-3H3/b19-10+/t21-/m0/s1. The van der Waals surface area contributed by atoms with Crippen LogP contribution in [0.25, 0.3) is 6.08 Å². The van der Waals surface area contributed by atoms with Crippen molar-refractivity contribution < 1.29 is 14.5 Å². The number of benzene rings is 2. The fraction of sp³-hybridized carbons (Fsp3) is 0.208. The summed E-state index contributed by atoms with van der Waals surface area (Å²) in [6, 6.07) is 9.25. The van der Waals surface area contributed by atoms with Gasteiger partial charge in [0, 0.05) is 16.7 Å². The van der Waals surface area contributed by atoms with E-state index in [0.717, 1.165) is 22.5 Å². The fourth-order valence-corrected chi connectivity index (χ4v) is 5.35. The molecule has 0 aliphatic carbocycles. The number of hydrogen-bond donors (Lipinski definition) is 0. The van der Waals surface area contributed by atoms with E-state index in [9.17, 15) is 19.7 Å². The summed E-state index contributed by atoms with van der Waals surface area (Å²) < 4.78 is 6.97. The van der Waals surface area contributed by atoms with Crippen molar-refractivity contribution in [1.29, 1.82) is 0 Å². The number of fused-ring (bicyclic) bond motifs is 1. The minimum Gasteiger partial charge on any atom is -0.463 e. The molecule has 1 aliphatic heterocycles. The summed E-state index contributed by atoms with van der Waals surface area (Å²) in [6.45, 7) is 5.52. The molecule has 0 amide bonds. The molecule has 35 heavy (non-hydrogen) atoms. The lowest BCUT2D eigenvalue weighted by Crippen LogP contribution is -2.39. The summed E-state index contributed by atoms with van der Waals surface area (Å²) >= 11 is 13.3. The van der Waals surface area contributed by atoms with Gasteiger partial charge in [0.1, 0.15) is 5.02 Å². The average molecular weight is 532 g/mol. The van der Waals surface area contributed by atoms with E-state index < -0.39 is 22.5 Å². The first kappa shape index (κ1) is 24.8. The summed E-state index contributed by atoms with van der Waals surface area (Å²) in [7, 11) is 0. The van der Waals surface area contributed by atoms with Gasteiger partial charge in [-0.3, -0.25) is 19.5 Å². The summed E-state index contributed by atoms with van der Waals surface area (Å²) in [5, 5.41) is 11.4. The number of carbonyl (C=O) groups excluding carboxylic acids is 1. The molecule has 0 bridgehead atoms. The van der Waals surface area contributed by atoms with Crippen molar-refractivity contribution in [1.82, 2.24) is 4.57 Å². The highest BCUT2D eigenvalue weighted by Crippen LogP contribution is 2.32. The Bertz CT molecular complexity index is 1570. The molecule has 2 aromatic carbocycles. The van der Waals surface area contributed by atoms with Gasteiger partial charge in [-0.15, -0.1) is 0 Å². The van der Waals surface area contributed by atoms with Crippen LogP contribution >= 0.6 is 34.5 Å². The number of halogens is 2. The summed E-state index contributed by atoms with van der Waals surface area (Å²) in [6.07, 6.45) is 1.46. The Morgan fingerprint density at radius 1 is 1.23 bits per heavy atom. The van der Waals surface area contributed by atoms with Crippen LogP contribution in [-0.4, -0.2) is 22.1 Å². The number of aromatic nitrogens is 1. The normalized spacial score (nSPS) is 15.6. The highest BCUT2D eigenvalue weighted by Gasteiger charge is 2.33. The molecular formula is C24H19Cl2N3O5S. The Kier molecular flexibility index (Phi) is 6.93. The van der Waals surface area contributed by atoms with Crippen molar-refractivity contribution in [3.63, 3.8) is 0 Å². The number of allylic oxidation sites excluding steroid dienone is 1. The molecule has 0 radical (unpaired) electrons. The van der Waals surface area contributed by atoms with Crippen LogP contribution in [0.2, 0.25) is 10.0 Å². The Labute approximate surface area is 213 Å². The van der Waals surface area contributed by atoms with Crippen LogP contribution in [0.4, 0.5) is 5.69 Å². The number of nitro groups is 1. The Balaban J connectivity index is 1.97. The Hall–Kier alpha value is -3.27. The van der Waals surface area contributed by atoms with Crippen LogP contribution in [0.15, 0.2) is 57.5 Å². The first-order chi connectivity index (χ1) is 16.6. The second-order valence-corrected chi connectivity index (χ2v) is 9.62. The minimum atomic E-state index is -0.747. The third-order valence-corrected chi connectivity index (χ3v) is 7.07. The molecule has 1 aromatic heterocycles. The van der Waals surface area contributed by atoms with Crippen molar-refractivity contribution in [3.05, 3.63) is 104 Å². The van der Waals surface area contributed by atoms with Crippen LogP contribution in [-0.2, 0) is 9.53 Å². The van der Waals surface area contributed by atoms with E-state index in [1.807, 2.05) is 31.2 Å². The number of aryl methyl sites for hydroxylation is 1. The van der Waals surface area contributed by atoms with E-state index in [2.05, 4.69) is 4.99 Å². The number of thiazole rings is 1. The Morgan fingerprint density at radius 3 is 2.54 bits per heavy atom. The number of carbonyl (C=O) groups is 1. The first-order valence-corrected chi connectivity index (χ1v) is 12.1. The fourth-order valence-electron chi connectivity index (χ4n) is 3.80. The zero-order valence-corrected chi connectivity index (χ0v) is 21.2. The van der Waals surface area contributed by atoms with E-state index in [-0.39, 0.29) is 38.0 Å². The summed E-state index contributed by atoms with van der Waals surface area (Å²) in [5.41, 5.74) is 1.99. The van der Waals surface area contributed by atoms with E-state index >= 15 is 0 Å². The lowest BCUT2D eigenvalue weighted by Gasteiger charge is -2.24. The van der Waals surface area contributed by atoms with Crippen molar-refractivity contribution in [2.45, 2.75) is 26.8 Å². The van der Waals surface area contributed by atoms with Crippen LogP contribution in [0, 0.1) is 17.0 Å². The maximum Gasteiger partial charge on any atom is 0.338 e. The van der Waals surface area contributed by atoms with Crippen LogP contribution in [0.5, 0.6) is 0 Å². The molecule has 11 heteroatoms. The minimum absolute atomic E-state index is 0.104. The van der Waals surface area contributed by atoms with Gasteiger partial charge in [0.05, 0.1) is 33.4 Å². The predicted octanol–water partition coefficient (Wildman–Crippen LogP) is 4.32. The van der Waals surface area contributed by atoms with Gasteiger partial charge in [0.2, 0.25) is 0 Å². The third-order valence-electron chi connectivity index (χ3n) is 5.46. The van der Waals surface area contributed by atoms with Gasteiger partial charge >= 0.3 is 5.97 Å². The van der Waals surface area contributed by atoms with Gasteiger partial charge in [-0.2, -0.15) is 0 Å². The second-order valence-electron chi connectivity index (χ2n) is 7.80. The van der Waals surface area contributed by atoms with Crippen LogP contribution in [0.1, 0.15) is 36.6 Å². The molecule has 1 atom stereocenters. The lowest BCUT2D eigenvalue weighted by molar-refractivity contribution is -0.384. The van der Waals surface area contributed by atoms with Crippen molar-refractivity contribution in [2.24, 2.45) is 4.99 Å². The number of hydrogen-bond acceptors (Lipinski definition) is 7. The topological polar surface area (TPSA) is 104 Å². The maximum absolute atomic E-state index is 13.6. The number of nitrogens with zero attached hydrogens (tertiary/aromatic N) is 3. The molecule has 0 N–H and O–H groups in total. The molecule has 0 fully saturated rings. The number of rotatable bonds is 5. The first-order valence-electron chi connectivity index (χ1n) is 10.5. The molecule has 3 aromatic rings. The number of esters is 1. The number of nitro benzene ring substituents is 1. The third kappa shape index (κ3) is 4.67. The van der Waals surface area contributed by atoms with Crippen molar-refractivity contribution >= 4 is 52.3 Å². The monoisotopic (exact) mass is 531 g/mol. The zero-order valence-electron chi connectivity index (χ0n) is 18.9. The van der Waals surface area contributed by atoms with E-state index in [0.29, 0.717) is 10.5 Å². The largest absolute Gasteiger partial charge is 0.463 e. The van der Waals surface area contributed by atoms with Gasteiger partial charge in [-0.05, 0) is 38.5 Å². The van der Waals surface area contributed by atoms with Crippen LogP contribution < -0.4 is 14.9 Å². The van der Waals surface area contributed by atoms with Crippen molar-refractivity contribution in [3.8, 4) is 0 Å². The van der Waals surface area contributed by atoms with E-state index in [4.69, 9.17) is 27.9 Å². The van der Waals surface area contributed by atoms with E-state index in [1.165, 1.54) is 22.8 Å². The van der Waals surface area contributed by atoms with Crippen LogP contribution in [0.3, 0.4) is 0 Å². The molecular weight excluding hydrogens is 513 g/mol. The Morgan fingerprint density at radius 2 is 1.91 bits per heavy atom. The molecule has 1 aliphatic rings. The molecule has 0 unspecified atom stereocenters. The molecule has 0 saturated carbocycles. The highest BCUT2D eigenvalue weighted by molar-refractivity contribution is 7.07. The van der Waals surface area contributed by atoms with Gasteiger partial charge in [0.25, 0.3) is 11.2 Å². The zero-order chi connectivity index (χ0) is 25.4. The van der Waals surface area contributed by atoms with Gasteiger partial charge in [-0.1, -0.05) is 64.4 Å². The summed E-state index contributed by atoms with van der Waals surface area (Å²) in [5.74, 6) is -0.551. The molecule has 0 spiro atoms. The number of ether oxygens (including phenoxy) is 1. The lowest BCUT2D eigenvalue weighted by atomic mass is 9.95. The second kappa shape index (κ2) is 9.77. The van der Waals surface area contributed by atoms with Gasteiger partial charge < -0.3 is 4.74 Å². The highest BCUT2D eigenvalue weighted by atomic mass is 35.5. The molecule has 2 heterocycles. The smallest absolute Gasteiger partial charge is 0.338 e. The maximum atomic E-state index is 13.6. The molecule has 0 saturated heterocycles. The van der Waals surface area contributed by atoms with Gasteiger partial charge in [0.15, 0.2) is 4.80 Å². The average Bonchev–Trinajstić information content (AvgIpc) is 3.09. The SMILES string of the molecule is CCOC(=O)C1=C(C)N=c2s/c(=C/c3cc([N+](=O)[O-])c(Cl)cc3Cl)c(=O)n2[C@H]1c1ccc(C)cc1. The van der Waals surface area contributed by atoms with E-state index in [1.54, 1.807) is 13.8 Å². The summed E-state index contributed by atoms with van der Waals surface area (Å²) in [4.78, 5) is 42.1. The van der Waals surface area contributed by atoms with Gasteiger partial charge in [-0.25, -0.2) is 9.79 Å². The molecule has 4 rings (SSSR count). The predicted molar refractivity (Wildman–Crippen MR) is 135 cm³/mol.